The molecule has 1 rings (SSSR count). The van der Waals surface area contributed by atoms with Crippen molar-refractivity contribution < 1.29 is 14.6 Å². The lowest BCUT2D eigenvalue weighted by atomic mass is 10.1. The molecule has 0 saturated carbocycles. The minimum atomic E-state index is -0.306. The summed E-state index contributed by atoms with van der Waals surface area (Å²) in [5, 5.41) is 17.2. The fourth-order valence-corrected chi connectivity index (χ4v) is 1.20. The number of halogens is 1. The molecular formula is C10H13FO2. The zero-order valence-electron chi connectivity index (χ0n) is 7.33. The SMILES string of the molecule is OCCc1ccc(CCO)c(F)c1. The van der Waals surface area contributed by atoms with Crippen LogP contribution in [0.25, 0.3) is 0 Å². The van der Waals surface area contributed by atoms with Gasteiger partial charge in [-0.2, -0.15) is 0 Å². The second-order valence-electron chi connectivity index (χ2n) is 2.87. The molecular weight excluding hydrogens is 171 g/mol. The van der Waals surface area contributed by atoms with E-state index in [1.807, 2.05) is 0 Å². The molecule has 0 heterocycles. The quantitative estimate of drug-likeness (QED) is 0.729. The molecule has 72 valence electrons. The molecule has 0 fully saturated rings. The van der Waals surface area contributed by atoms with Gasteiger partial charge in [0.05, 0.1) is 0 Å². The molecule has 2 N–H and O–H groups in total. The average Bonchev–Trinajstić information content (AvgIpc) is 2.10. The predicted molar refractivity (Wildman–Crippen MR) is 48.0 cm³/mol. The van der Waals surface area contributed by atoms with Gasteiger partial charge >= 0.3 is 0 Å². The molecule has 0 unspecified atom stereocenters. The maximum atomic E-state index is 13.2. The Kier molecular flexibility index (Phi) is 3.86. The molecule has 1 aromatic carbocycles. The van der Waals surface area contributed by atoms with E-state index in [-0.39, 0.29) is 19.0 Å². The first-order valence-electron chi connectivity index (χ1n) is 4.27. The van der Waals surface area contributed by atoms with Gasteiger partial charge in [0.2, 0.25) is 0 Å². The van der Waals surface area contributed by atoms with Crippen molar-refractivity contribution in [3.63, 3.8) is 0 Å². The molecule has 0 spiro atoms. The van der Waals surface area contributed by atoms with Crippen molar-refractivity contribution in [2.75, 3.05) is 13.2 Å². The highest BCUT2D eigenvalue weighted by Crippen LogP contribution is 2.11. The summed E-state index contributed by atoms with van der Waals surface area (Å²) in [7, 11) is 0. The van der Waals surface area contributed by atoms with Crippen molar-refractivity contribution in [2.24, 2.45) is 0 Å². The fraction of sp³-hybridized carbons (Fsp3) is 0.400. The Bertz CT molecular complexity index is 274. The molecule has 0 radical (unpaired) electrons. The summed E-state index contributed by atoms with van der Waals surface area (Å²) < 4.78 is 13.2. The summed E-state index contributed by atoms with van der Waals surface area (Å²) in [5.74, 6) is -0.306. The first kappa shape index (κ1) is 10.2. The standard InChI is InChI=1S/C10H13FO2/c11-10-7-8(3-5-12)1-2-9(10)4-6-13/h1-2,7,12-13H,3-6H2. The number of hydrogen-bond acceptors (Lipinski definition) is 2. The topological polar surface area (TPSA) is 40.5 Å². The van der Waals surface area contributed by atoms with E-state index < -0.39 is 0 Å². The van der Waals surface area contributed by atoms with Gasteiger partial charge in [-0.25, -0.2) is 4.39 Å². The summed E-state index contributed by atoms with van der Waals surface area (Å²) in [5.41, 5.74) is 1.30. The zero-order valence-corrected chi connectivity index (χ0v) is 7.33. The predicted octanol–water partition coefficient (Wildman–Crippen LogP) is 0.895. The van der Waals surface area contributed by atoms with Crippen molar-refractivity contribution in [3.05, 3.63) is 35.1 Å². The molecule has 13 heavy (non-hydrogen) atoms. The first-order chi connectivity index (χ1) is 6.27. The third kappa shape index (κ3) is 2.79. The van der Waals surface area contributed by atoms with Crippen LogP contribution < -0.4 is 0 Å². The Morgan fingerprint density at radius 3 is 2.31 bits per heavy atom. The van der Waals surface area contributed by atoms with Crippen molar-refractivity contribution in [1.82, 2.24) is 0 Å². The lowest BCUT2D eigenvalue weighted by molar-refractivity contribution is 0.296. The number of aliphatic hydroxyl groups is 2. The highest BCUT2D eigenvalue weighted by molar-refractivity contribution is 5.24. The minimum absolute atomic E-state index is 0.0266. The van der Waals surface area contributed by atoms with Gasteiger partial charge in [0.25, 0.3) is 0 Å². The lowest BCUT2D eigenvalue weighted by Crippen LogP contribution is -1.97. The molecule has 0 atom stereocenters. The van der Waals surface area contributed by atoms with E-state index in [0.29, 0.717) is 18.4 Å². The van der Waals surface area contributed by atoms with Crippen molar-refractivity contribution >= 4 is 0 Å². The second kappa shape index (κ2) is 4.94. The van der Waals surface area contributed by atoms with Crippen molar-refractivity contribution in [2.45, 2.75) is 12.8 Å². The molecule has 0 aliphatic heterocycles. The monoisotopic (exact) mass is 184 g/mol. The Labute approximate surface area is 76.6 Å². The Morgan fingerprint density at radius 1 is 1.08 bits per heavy atom. The maximum Gasteiger partial charge on any atom is 0.126 e. The van der Waals surface area contributed by atoms with E-state index in [2.05, 4.69) is 0 Å². The van der Waals surface area contributed by atoms with Gasteiger partial charge in [-0.1, -0.05) is 12.1 Å². The van der Waals surface area contributed by atoms with Crippen LogP contribution in [0.2, 0.25) is 0 Å². The number of aliphatic hydroxyl groups excluding tert-OH is 2. The summed E-state index contributed by atoms with van der Waals surface area (Å²) in [6, 6.07) is 4.82. The number of rotatable bonds is 4. The van der Waals surface area contributed by atoms with Crippen LogP contribution in [-0.2, 0) is 12.8 Å². The molecule has 0 bridgehead atoms. The van der Waals surface area contributed by atoms with Gasteiger partial charge < -0.3 is 10.2 Å². The zero-order chi connectivity index (χ0) is 9.68. The summed E-state index contributed by atoms with van der Waals surface area (Å²) in [6.45, 7) is -0.0188. The van der Waals surface area contributed by atoms with E-state index in [9.17, 15) is 4.39 Å². The van der Waals surface area contributed by atoms with E-state index in [0.717, 1.165) is 5.56 Å². The molecule has 3 heteroatoms. The van der Waals surface area contributed by atoms with E-state index >= 15 is 0 Å². The van der Waals surface area contributed by atoms with Crippen LogP contribution in [0.5, 0.6) is 0 Å². The van der Waals surface area contributed by atoms with Crippen LogP contribution in [0, 0.1) is 5.82 Å². The van der Waals surface area contributed by atoms with Crippen molar-refractivity contribution in [1.29, 1.82) is 0 Å². The van der Waals surface area contributed by atoms with Gasteiger partial charge in [0.1, 0.15) is 5.82 Å². The van der Waals surface area contributed by atoms with Gasteiger partial charge in [0, 0.05) is 13.2 Å². The molecule has 0 aliphatic rings. The molecule has 0 aromatic heterocycles. The largest absolute Gasteiger partial charge is 0.396 e. The maximum absolute atomic E-state index is 13.2. The number of hydrogen-bond donors (Lipinski definition) is 2. The molecule has 2 nitrogen and oxygen atoms in total. The molecule has 1 aromatic rings. The minimum Gasteiger partial charge on any atom is -0.396 e. The van der Waals surface area contributed by atoms with Crippen molar-refractivity contribution in [3.8, 4) is 0 Å². The Hall–Kier alpha value is -0.930. The van der Waals surface area contributed by atoms with Crippen LogP contribution in [0.1, 0.15) is 11.1 Å². The summed E-state index contributed by atoms with van der Waals surface area (Å²) >= 11 is 0. The summed E-state index contributed by atoms with van der Waals surface area (Å²) in [4.78, 5) is 0. The first-order valence-corrected chi connectivity index (χ1v) is 4.27. The van der Waals surface area contributed by atoms with Crippen LogP contribution in [0.3, 0.4) is 0 Å². The van der Waals surface area contributed by atoms with E-state index in [1.54, 1.807) is 12.1 Å². The lowest BCUT2D eigenvalue weighted by Gasteiger charge is -2.03. The van der Waals surface area contributed by atoms with Crippen LogP contribution in [-0.4, -0.2) is 23.4 Å². The molecule has 0 aliphatic carbocycles. The normalized spacial score (nSPS) is 10.4. The second-order valence-corrected chi connectivity index (χ2v) is 2.87. The third-order valence-corrected chi connectivity index (χ3v) is 1.90. The van der Waals surface area contributed by atoms with Crippen LogP contribution in [0.15, 0.2) is 18.2 Å². The Balaban J connectivity index is 2.79. The van der Waals surface area contributed by atoms with Gasteiger partial charge in [-0.05, 0) is 30.0 Å². The highest BCUT2D eigenvalue weighted by atomic mass is 19.1. The third-order valence-electron chi connectivity index (χ3n) is 1.90. The van der Waals surface area contributed by atoms with E-state index in [1.165, 1.54) is 6.07 Å². The van der Waals surface area contributed by atoms with Crippen LogP contribution >= 0.6 is 0 Å². The fourth-order valence-electron chi connectivity index (χ4n) is 1.20. The van der Waals surface area contributed by atoms with E-state index in [4.69, 9.17) is 10.2 Å². The van der Waals surface area contributed by atoms with Gasteiger partial charge in [0.15, 0.2) is 0 Å². The van der Waals surface area contributed by atoms with Gasteiger partial charge in [-0.15, -0.1) is 0 Å². The Morgan fingerprint density at radius 2 is 1.77 bits per heavy atom. The highest BCUT2D eigenvalue weighted by Gasteiger charge is 2.02. The summed E-state index contributed by atoms with van der Waals surface area (Å²) in [6.07, 6.45) is 0.807. The van der Waals surface area contributed by atoms with Crippen LogP contribution in [0.4, 0.5) is 4.39 Å². The van der Waals surface area contributed by atoms with Gasteiger partial charge in [-0.3, -0.25) is 0 Å². The number of benzene rings is 1. The molecule has 0 amide bonds. The average molecular weight is 184 g/mol. The smallest absolute Gasteiger partial charge is 0.126 e. The molecule has 0 saturated heterocycles.